The van der Waals surface area contributed by atoms with Crippen LogP contribution in [0.1, 0.15) is 24.1 Å². The molecule has 3 saturated heterocycles. The van der Waals surface area contributed by atoms with E-state index in [1.807, 2.05) is 23.0 Å². The zero-order valence-electron chi connectivity index (χ0n) is 14.5. The highest BCUT2D eigenvalue weighted by Gasteiger charge is 2.40. The summed E-state index contributed by atoms with van der Waals surface area (Å²) in [6, 6.07) is 8.66. The number of fused-ring (bicyclic) bond motifs is 5. The van der Waals surface area contributed by atoms with Crippen molar-refractivity contribution in [3.8, 4) is 0 Å². The Morgan fingerprint density at radius 1 is 1.19 bits per heavy atom. The van der Waals surface area contributed by atoms with Gasteiger partial charge in [0.2, 0.25) is 5.91 Å². The van der Waals surface area contributed by atoms with Crippen LogP contribution in [0.2, 0.25) is 0 Å². The van der Waals surface area contributed by atoms with E-state index in [0.29, 0.717) is 18.5 Å². The van der Waals surface area contributed by atoms with Crippen LogP contribution in [0.4, 0.5) is 0 Å². The third-order valence-electron chi connectivity index (χ3n) is 5.61. The van der Waals surface area contributed by atoms with Crippen molar-refractivity contribution < 1.29 is 9.21 Å². The van der Waals surface area contributed by atoms with Crippen LogP contribution in [0.15, 0.2) is 45.8 Å². The smallest absolute Gasteiger partial charge is 0.227 e. The summed E-state index contributed by atoms with van der Waals surface area (Å²) in [5.74, 6) is 0.423. The largest absolute Gasteiger partial charge is 0.464 e. The number of amides is 1. The maximum atomic E-state index is 12.9. The molecule has 3 aliphatic rings. The molecule has 2 aromatic heterocycles. The van der Waals surface area contributed by atoms with Crippen molar-refractivity contribution in [3.63, 3.8) is 0 Å². The molecule has 1 aromatic carbocycles. The van der Waals surface area contributed by atoms with Crippen LogP contribution in [-0.2, 0) is 17.9 Å². The number of thiazole rings is 1. The zero-order valence-corrected chi connectivity index (χ0v) is 15.3. The second kappa shape index (κ2) is 6.52. The lowest BCUT2D eigenvalue weighted by Gasteiger charge is -2.35. The predicted octanol–water partition coefficient (Wildman–Crippen LogP) is 3.51. The van der Waals surface area contributed by atoms with Crippen molar-refractivity contribution in [2.24, 2.45) is 5.92 Å². The van der Waals surface area contributed by atoms with E-state index >= 15 is 0 Å². The molecule has 5 nitrogen and oxygen atoms in total. The molecule has 6 heteroatoms. The molecular weight excluding hydrogens is 346 g/mol. The molecule has 2 bridgehead atoms. The lowest BCUT2D eigenvalue weighted by molar-refractivity contribution is -0.140. The van der Waals surface area contributed by atoms with Crippen molar-refractivity contribution in [1.82, 2.24) is 14.8 Å². The van der Waals surface area contributed by atoms with Gasteiger partial charge in [-0.25, -0.2) is 4.98 Å². The van der Waals surface area contributed by atoms with Gasteiger partial charge in [-0.2, -0.15) is 0 Å². The Hall–Kier alpha value is -2.18. The van der Waals surface area contributed by atoms with Crippen LogP contribution >= 0.6 is 11.3 Å². The minimum Gasteiger partial charge on any atom is -0.464 e. The van der Waals surface area contributed by atoms with E-state index in [1.165, 1.54) is 5.56 Å². The minimum absolute atomic E-state index is 0.116. The van der Waals surface area contributed by atoms with E-state index in [1.54, 1.807) is 17.6 Å². The summed E-state index contributed by atoms with van der Waals surface area (Å²) in [4.78, 5) is 21.8. The van der Waals surface area contributed by atoms with Gasteiger partial charge in [-0.05, 0) is 36.6 Å². The molecule has 0 unspecified atom stereocenters. The summed E-state index contributed by atoms with van der Waals surface area (Å²) in [5, 5.41) is 3.19. The molecule has 0 radical (unpaired) electrons. The number of hydrogen-bond acceptors (Lipinski definition) is 5. The summed E-state index contributed by atoms with van der Waals surface area (Å²) in [6.45, 7) is 3.33. The number of piperidine rings is 1. The molecular formula is C20H21N3O2S. The van der Waals surface area contributed by atoms with E-state index < -0.39 is 0 Å². The molecule has 0 saturated carbocycles. The summed E-state index contributed by atoms with van der Waals surface area (Å²) in [7, 11) is 0. The fourth-order valence-electron chi connectivity index (χ4n) is 4.33. The number of benzene rings is 1. The van der Waals surface area contributed by atoms with Gasteiger partial charge in [0.15, 0.2) is 0 Å². The fraction of sp³-hybridized carbons (Fsp3) is 0.400. The topological polar surface area (TPSA) is 49.6 Å². The Morgan fingerprint density at radius 2 is 2.15 bits per heavy atom. The van der Waals surface area contributed by atoms with E-state index in [9.17, 15) is 4.79 Å². The number of nitrogens with zero attached hydrogens (tertiary/aromatic N) is 3. The van der Waals surface area contributed by atoms with Gasteiger partial charge >= 0.3 is 0 Å². The molecule has 3 fully saturated rings. The maximum absolute atomic E-state index is 12.9. The van der Waals surface area contributed by atoms with Crippen LogP contribution in [0.25, 0.3) is 11.0 Å². The number of carbonyl (C=O) groups excluding carboxylic acids is 1. The van der Waals surface area contributed by atoms with Crippen molar-refractivity contribution in [3.05, 3.63) is 52.7 Å². The van der Waals surface area contributed by atoms with Gasteiger partial charge in [0.25, 0.3) is 0 Å². The van der Waals surface area contributed by atoms with E-state index in [0.717, 1.165) is 49.1 Å². The predicted molar refractivity (Wildman–Crippen MR) is 101 cm³/mol. The van der Waals surface area contributed by atoms with Gasteiger partial charge in [0.05, 0.1) is 29.9 Å². The molecule has 26 heavy (non-hydrogen) atoms. The first kappa shape index (κ1) is 16.0. The van der Waals surface area contributed by atoms with E-state index in [4.69, 9.17) is 4.42 Å². The number of hydrogen-bond donors (Lipinski definition) is 0. The number of furan rings is 1. The van der Waals surface area contributed by atoms with Crippen molar-refractivity contribution >= 4 is 28.2 Å². The third-order valence-corrected chi connectivity index (χ3v) is 6.24. The van der Waals surface area contributed by atoms with Crippen molar-refractivity contribution in [2.75, 3.05) is 13.1 Å². The third kappa shape index (κ3) is 2.93. The average Bonchev–Trinajstić information content (AvgIpc) is 3.25. The highest BCUT2D eigenvalue weighted by Crippen LogP contribution is 2.31. The Bertz CT molecular complexity index is 920. The van der Waals surface area contributed by atoms with Crippen molar-refractivity contribution in [1.29, 1.82) is 0 Å². The second-order valence-corrected chi connectivity index (χ2v) is 8.08. The van der Waals surface area contributed by atoms with Gasteiger partial charge in [0, 0.05) is 36.4 Å². The first-order chi connectivity index (χ1) is 12.8. The van der Waals surface area contributed by atoms with Gasteiger partial charge in [-0.1, -0.05) is 6.07 Å². The minimum atomic E-state index is 0.116. The standard InChI is InChI=1S/C20H21N3O2S/c24-20-16-2-3-18(23(20)10-17-12-26-13-21-17)11-22(9-16)8-14-1-4-19-15(7-14)5-6-25-19/h1,4-7,12-13,16,18H,2-3,8-11H2/t16-,18+/m0/s1. The summed E-state index contributed by atoms with van der Waals surface area (Å²) in [6.07, 6.45) is 3.84. The molecule has 0 spiro atoms. The monoisotopic (exact) mass is 367 g/mol. The van der Waals surface area contributed by atoms with Crippen LogP contribution in [-0.4, -0.2) is 39.8 Å². The Labute approximate surface area is 156 Å². The average molecular weight is 367 g/mol. The lowest BCUT2D eigenvalue weighted by Crippen LogP contribution is -2.47. The SMILES string of the molecule is O=C1[C@H]2CC[C@H](CN(Cc3ccc4occc4c3)C2)N1Cc1cscn1. The zero-order chi connectivity index (χ0) is 17.5. The normalized spacial score (nSPS) is 23.7. The van der Waals surface area contributed by atoms with Gasteiger partial charge < -0.3 is 9.32 Å². The lowest BCUT2D eigenvalue weighted by atomic mass is 9.94. The first-order valence-electron chi connectivity index (χ1n) is 9.12. The molecule has 134 valence electrons. The van der Waals surface area contributed by atoms with Crippen LogP contribution in [0, 0.1) is 5.92 Å². The Kier molecular flexibility index (Phi) is 4.02. The van der Waals surface area contributed by atoms with Gasteiger partial charge in [-0.3, -0.25) is 9.69 Å². The maximum Gasteiger partial charge on any atom is 0.227 e. The van der Waals surface area contributed by atoms with Crippen LogP contribution < -0.4 is 0 Å². The highest BCUT2D eigenvalue weighted by molar-refractivity contribution is 7.07. The number of aromatic nitrogens is 1. The molecule has 5 heterocycles. The van der Waals surface area contributed by atoms with E-state index in [-0.39, 0.29) is 5.92 Å². The van der Waals surface area contributed by atoms with E-state index in [2.05, 4.69) is 26.9 Å². The molecule has 6 rings (SSSR count). The van der Waals surface area contributed by atoms with Crippen LogP contribution in [0.5, 0.6) is 0 Å². The number of carbonyl (C=O) groups is 1. The number of rotatable bonds is 4. The summed E-state index contributed by atoms with van der Waals surface area (Å²) in [5.41, 5.74) is 5.05. The molecule has 0 N–H and O–H groups in total. The quantitative estimate of drug-likeness (QED) is 0.708. The highest BCUT2D eigenvalue weighted by atomic mass is 32.1. The molecule has 0 aliphatic carbocycles. The van der Waals surface area contributed by atoms with Gasteiger partial charge in [-0.15, -0.1) is 11.3 Å². The fourth-order valence-corrected chi connectivity index (χ4v) is 4.88. The Balaban J connectivity index is 1.35. The summed E-state index contributed by atoms with van der Waals surface area (Å²) >= 11 is 1.59. The van der Waals surface area contributed by atoms with Gasteiger partial charge in [0.1, 0.15) is 5.58 Å². The van der Waals surface area contributed by atoms with Crippen LogP contribution in [0.3, 0.4) is 0 Å². The molecule has 1 amide bonds. The molecule has 2 atom stereocenters. The molecule has 3 aromatic rings. The second-order valence-electron chi connectivity index (χ2n) is 7.36. The summed E-state index contributed by atoms with van der Waals surface area (Å²) < 4.78 is 5.44. The Morgan fingerprint density at radius 3 is 3.04 bits per heavy atom. The first-order valence-corrected chi connectivity index (χ1v) is 10.1. The molecule has 3 aliphatic heterocycles. The van der Waals surface area contributed by atoms with Crippen molar-refractivity contribution in [2.45, 2.75) is 32.0 Å².